The first kappa shape index (κ1) is 10.7. The van der Waals surface area contributed by atoms with Gasteiger partial charge < -0.3 is 0 Å². The predicted octanol–water partition coefficient (Wildman–Crippen LogP) is 1.56. The average Bonchev–Trinajstić information content (AvgIpc) is 2.59. The molecule has 0 aromatic heterocycles. The molecule has 1 aliphatic rings. The van der Waals surface area contributed by atoms with Gasteiger partial charge in [-0.25, -0.2) is 4.39 Å². The van der Waals surface area contributed by atoms with E-state index in [4.69, 9.17) is 0 Å². The Morgan fingerprint density at radius 1 is 1.06 bits per heavy atom. The van der Waals surface area contributed by atoms with E-state index >= 15 is 0 Å². The molecule has 0 heterocycles. The third kappa shape index (κ3) is 1.78. The standard InChI is InChI=1S/C12H9FO3/c13-8-3-1-7(2-4-8)12(16)11-9(14)5-6-10(11)15/h1-4,11H,5-6H2. The molecule has 2 rings (SSSR count). The molecule has 0 bridgehead atoms. The topological polar surface area (TPSA) is 51.2 Å². The molecule has 0 N–H and O–H groups in total. The lowest BCUT2D eigenvalue weighted by Gasteiger charge is -2.05. The number of carbonyl (C=O) groups excluding carboxylic acids is 3. The molecule has 1 aromatic carbocycles. The van der Waals surface area contributed by atoms with E-state index in [1.807, 2.05) is 0 Å². The third-order valence-corrected chi connectivity index (χ3v) is 2.65. The maximum atomic E-state index is 12.6. The van der Waals surface area contributed by atoms with Crippen molar-refractivity contribution in [1.29, 1.82) is 0 Å². The Morgan fingerprint density at radius 3 is 2.06 bits per heavy atom. The normalized spacial score (nSPS) is 16.8. The van der Waals surface area contributed by atoms with Gasteiger partial charge in [0.15, 0.2) is 17.3 Å². The van der Waals surface area contributed by atoms with Gasteiger partial charge in [-0.05, 0) is 24.3 Å². The largest absolute Gasteiger partial charge is 0.298 e. The van der Waals surface area contributed by atoms with Crippen molar-refractivity contribution in [2.75, 3.05) is 0 Å². The van der Waals surface area contributed by atoms with Gasteiger partial charge in [0.1, 0.15) is 11.7 Å². The minimum absolute atomic E-state index is 0.135. The lowest BCUT2D eigenvalue weighted by atomic mass is 9.95. The number of hydrogen-bond donors (Lipinski definition) is 0. The second-order valence-corrected chi connectivity index (χ2v) is 3.74. The molecular formula is C12H9FO3. The van der Waals surface area contributed by atoms with Crippen molar-refractivity contribution in [3.63, 3.8) is 0 Å². The van der Waals surface area contributed by atoms with E-state index in [0.29, 0.717) is 0 Å². The number of benzene rings is 1. The molecule has 82 valence electrons. The van der Waals surface area contributed by atoms with Gasteiger partial charge >= 0.3 is 0 Å². The minimum Gasteiger partial charge on any atom is -0.298 e. The Hall–Kier alpha value is -1.84. The van der Waals surface area contributed by atoms with Gasteiger partial charge in [-0.15, -0.1) is 0 Å². The van der Waals surface area contributed by atoms with E-state index in [9.17, 15) is 18.8 Å². The van der Waals surface area contributed by atoms with Crippen molar-refractivity contribution < 1.29 is 18.8 Å². The van der Waals surface area contributed by atoms with E-state index in [0.717, 1.165) is 12.1 Å². The predicted molar refractivity (Wildman–Crippen MR) is 53.5 cm³/mol. The van der Waals surface area contributed by atoms with Crippen molar-refractivity contribution in [3.05, 3.63) is 35.6 Å². The lowest BCUT2D eigenvalue weighted by Crippen LogP contribution is -2.24. The SMILES string of the molecule is O=C1CCC(=O)C1C(=O)c1ccc(F)cc1. The second kappa shape index (κ2) is 3.96. The average molecular weight is 220 g/mol. The number of rotatable bonds is 2. The van der Waals surface area contributed by atoms with Gasteiger partial charge in [-0.1, -0.05) is 0 Å². The smallest absolute Gasteiger partial charge is 0.180 e. The number of Topliss-reactive ketones (excluding diaryl/α,β-unsaturated/α-hetero) is 3. The zero-order valence-corrected chi connectivity index (χ0v) is 8.40. The summed E-state index contributed by atoms with van der Waals surface area (Å²) in [6.07, 6.45) is 0.271. The fraction of sp³-hybridized carbons (Fsp3) is 0.250. The molecule has 0 radical (unpaired) electrons. The Kier molecular flexibility index (Phi) is 2.64. The van der Waals surface area contributed by atoms with Crippen LogP contribution in [0.3, 0.4) is 0 Å². The highest BCUT2D eigenvalue weighted by Crippen LogP contribution is 2.22. The molecule has 3 nitrogen and oxygen atoms in total. The second-order valence-electron chi connectivity index (χ2n) is 3.74. The number of halogens is 1. The molecule has 1 fully saturated rings. The maximum absolute atomic E-state index is 12.6. The van der Waals surface area contributed by atoms with Gasteiger partial charge in [0.2, 0.25) is 0 Å². The molecular weight excluding hydrogens is 211 g/mol. The van der Waals surface area contributed by atoms with E-state index in [1.165, 1.54) is 12.1 Å². The molecule has 0 amide bonds. The molecule has 0 spiro atoms. The minimum atomic E-state index is -1.16. The number of carbonyl (C=O) groups is 3. The summed E-state index contributed by atoms with van der Waals surface area (Å²) in [4.78, 5) is 34.5. The highest BCUT2D eigenvalue weighted by molar-refractivity contribution is 6.27. The summed E-state index contributed by atoms with van der Waals surface area (Å²) in [7, 11) is 0. The molecule has 1 aromatic rings. The van der Waals surface area contributed by atoms with Crippen LogP contribution in [0.25, 0.3) is 0 Å². The van der Waals surface area contributed by atoms with E-state index in [2.05, 4.69) is 0 Å². The molecule has 0 saturated heterocycles. The van der Waals surface area contributed by atoms with Crippen molar-refractivity contribution >= 4 is 17.3 Å². The van der Waals surface area contributed by atoms with Crippen LogP contribution in [0.5, 0.6) is 0 Å². The van der Waals surface area contributed by atoms with Gasteiger partial charge in [-0.2, -0.15) is 0 Å². The zero-order valence-electron chi connectivity index (χ0n) is 8.40. The summed E-state index contributed by atoms with van der Waals surface area (Å²) in [5, 5.41) is 0. The lowest BCUT2D eigenvalue weighted by molar-refractivity contribution is -0.125. The highest BCUT2D eigenvalue weighted by Gasteiger charge is 2.38. The summed E-state index contributed by atoms with van der Waals surface area (Å²) in [5.41, 5.74) is 0.204. The van der Waals surface area contributed by atoms with Crippen LogP contribution in [0.15, 0.2) is 24.3 Å². The number of hydrogen-bond acceptors (Lipinski definition) is 3. The molecule has 1 saturated carbocycles. The maximum Gasteiger partial charge on any atom is 0.180 e. The highest BCUT2D eigenvalue weighted by atomic mass is 19.1. The molecule has 0 unspecified atom stereocenters. The Bertz CT molecular complexity index is 446. The molecule has 0 aliphatic heterocycles. The Balaban J connectivity index is 2.28. The van der Waals surface area contributed by atoms with Crippen molar-refractivity contribution in [1.82, 2.24) is 0 Å². The first-order valence-electron chi connectivity index (χ1n) is 4.95. The van der Waals surface area contributed by atoms with Crippen LogP contribution in [-0.4, -0.2) is 17.3 Å². The third-order valence-electron chi connectivity index (χ3n) is 2.65. The molecule has 1 aliphatic carbocycles. The quantitative estimate of drug-likeness (QED) is 0.561. The van der Waals surface area contributed by atoms with Crippen LogP contribution in [0.1, 0.15) is 23.2 Å². The first-order valence-corrected chi connectivity index (χ1v) is 4.95. The Morgan fingerprint density at radius 2 is 1.56 bits per heavy atom. The van der Waals surface area contributed by atoms with Gasteiger partial charge in [-0.3, -0.25) is 14.4 Å². The Labute approximate surface area is 91.3 Å². The van der Waals surface area contributed by atoms with Crippen LogP contribution in [0.2, 0.25) is 0 Å². The summed E-state index contributed by atoms with van der Waals surface area (Å²) >= 11 is 0. The van der Waals surface area contributed by atoms with Gasteiger partial charge in [0.25, 0.3) is 0 Å². The van der Waals surface area contributed by atoms with Crippen molar-refractivity contribution in [3.8, 4) is 0 Å². The number of ketones is 3. The monoisotopic (exact) mass is 220 g/mol. The van der Waals surface area contributed by atoms with Crippen LogP contribution in [0.4, 0.5) is 4.39 Å². The van der Waals surface area contributed by atoms with Crippen molar-refractivity contribution in [2.24, 2.45) is 5.92 Å². The van der Waals surface area contributed by atoms with E-state index < -0.39 is 17.5 Å². The van der Waals surface area contributed by atoms with Crippen LogP contribution < -0.4 is 0 Å². The van der Waals surface area contributed by atoms with Gasteiger partial charge in [0, 0.05) is 18.4 Å². The summed E-state index contributed by atoms with van der Waals surface area (Å²) in [5.74, 6) is -2.81. The van der Waals surface area contributed by atoms with Crippen molar-refractivity contribution in [2.45, 2.75) is 12.8 Å². The summed E-state index contributed by atoms with van der Waals surface area (Å²) in [6.45, 7) is 0. The summed E-state index contributed by atoms with van der Waals surface area (Å²) < 4.78 is 12.6. The fourth-order valence-electron chi connectivity index (χ4n) is 1.79. The van der Waals surface area contributed by atoms with Gasteiger partial charge in [0.05, 0.1) is 0 Å². The summed E-state index contributed by atoms with van der Waals surface area (Å²) in [6, 6.07) is 4.85. The van der Waals surface area contributed by atoms with Crippen LogP contribution >= 0.6 is 0 Å². The van der Waals surface area contributed by atoms with E-state index in [-0.39, 0.29) is 30.0 Å². The zero-order chi connectivity index (χ0) is 11.7. The van der Waals surface area contributed by atoms with Crippen LogP contribution in [0, 0.1) is 11.7 Å². The molecule has 16 heavy (non-hydrogen) atoms. The van der Waals surface area contributed by atoms with Crippen LogP contribution in [-0.2, 0) is 9.59 Å². The van der Waals surface area contributed by atoms with E-state index in [1.54, 1.807) is 0 Å². The first-order chi connectivity index (χ1) is 7.59. The molecule has 0 atom stereocenters. The molecule has 4 heteroatoms. The fourth-order valence-corrected chi connectivity index (χ4v) is 1.79.